The molecule has 0 atom stereocenters. The molecule has 0 spiro atoms. The molecule has 3 aromatic heterocycles. The standard InChI is InChI=1S/C39H23N3O2/c1-3-11-24(12-4-1)37-40-38(25-13-5-2-6-14-25)42-39(41-37)26-21-22-31-34(23-26)43-33-20-10-16-28(35(31)33)30-18-9-17-29-27-15-7-8-19-32(27)44-36(29)30/h1-23H. The molecule has 0 amide bonds. The van der Waals surface area contributed by atoms with Gasteiger partial charge in [-0.25, -0.2) is 15.0 Å². The first-order valence-electron chi connectivity index (χ1n) is 14.5. The lowest BCUT2D eigenvalue weighted by atomic mass is 9.97. The second-order valence-corrected chi connectivity index (χ2v) is 10.8. The SMILES string of the molecule is c1ccc(-c2nc(-c3ccccc3)nc(-c3ccc4c(c3)oc3cccc(-c5cccc6c5oc5ccccc56)c34)n2)cc1. The lowest BCUT2D eigenvalue weighted by Gasteiger charge is -2.08. The van der Waals surface area contributed by atoms with Crippen LogP contribution in [0, 0.1) is 0 Å². The monoisotopic (exact) mass is 565 g/mol. The van der Waals surface area contributed by atoms with Crippen molar-refractivity contribution < 1.29 is 8.83 Å². The molecule has 6 aromatic carbocycles. The Morgan fingerprint density at radius 1 is 0.364 bits per heavy atom. The molecule has 0 unspecified atom stereocenters. The summed E-state index contributed by atoms with van der Waals surface area (Å²) in [5.41, 5.74) is 8.16. The third kappa shape index (κ3) is 3.91. The summed E-state index contributed by atoms with van der Waals surface area (Å²) in [6.07, 6.45) is 0. The van der Waals surface area contributed by atoms with Crippen molar-refractivity contribution in [2.45, 2.75) is 0 Å². The van der Waals surface area contributed by atoms with Crippen LogP contribution < -0.4 is 0 Å². The summed E-state index contributed by atoms with van der Waals surface area (Å²) in [4.78, 5) is 14.6. The molecule has 0 saturated heterocycles. The molecule has 3 heterocycles. The van der Waals surface area contributed by atoms with Crippen molar-refractivity contribution in [2.24, 2.45) is 0 Å². The first-order chi connectivity index (χ1) is 21.8. The van der Waals surface area contributed by atoms with Crippen molar-refractivity contribution in [1.82, 2.24) is 15.0 Å². The molecule has 0 aliphatic heterocycles. The Morgan fingerprint density at radius 3 is 1.70 bits per heavy atom. The first kappa shape index (κ1) is 24.5. The molecule has 0 bridgehead atoms. The minimum Gasteiger partial charge on any atom is -0.456 e. The predicted molar refractivity (Wildman–Crippen MR) is 176 cm³/mol. The lowest BCUT2D eigenvalue weighted by Crippen LogP contribution is -2.00. The fraction of sp³-hybridized carbons (Fsp3) is 0. The fourth-order valence-corrected chi connectivity index (χ4v) is 6.09. The molecule has 0 N–H and O–H groups in total. The third-order valence-corrected chi connectivity index (χ3v) is 8.15. The van der Waals surface area contributed by atoms with Gasteiger partial charge in [0.2, 0.25) is 0 Å². The van der Waals surface area contributed by atoms with E-state index in [1.54, 1.807) is 0 Å². The average molecular weight is 566 g/mol. The zero-order chi connectivity index (χ0) is 29.0. The molecule has 0 aliphatic carbocycles. The molecule has 0 radical (unpaired) electrons. The number of furan rings is 2. The van der Waals surface area contributed by atoms with Crippen LogP contribution in [-0.4, -0.2) is 15.0 Å². The van der Waals surface area contributed by atoms with Crippen molar-refractivity contribution in [1.29, 1.82) is 0 Å². The molecule has 9 aromatic rings. The van der Waals surface area contributed by atoms with Crippen LogP contribution in [-0.2, 0) is 0 Å². The Balaban J connectivity index is 1.23. The Bertz CT molecular complexity index is 2440. The van der Waals surface area contributed by atoms with Crippen LogP contribution in [0.1, 0.15) is 0 Å². The summed E-state index contributed by atoms with van der Waals surface area (Å²) in [6, 6.07) is 46.9. The van der Waals surface area contributed by atoms with Gasteiger partial charge in [-0.3, -0.25) is 0 Å². The Kier molecular flexibility index (Phi) is 5.43. The minimum atomic E-state index is 0.590. The maximum absolute atomic E-state index is 6.48. The number of para-hydroxylation sites is 2. The van der Waals surface area contributed by atoms with Gasteiger partial charge in [-0.15, -0.1) is 0 Å². The Morgan fingerprint density at radius 2 is 0.955 bits per heavy atom. The van der Waals surface area contributed by atoms with E-state index in [0.29, 0.717) is 17.5 Å². The summed E-state index contributed by atoms with van der Waals surface area (Å²) in [5.74, 6) is 1.84. The van der Waals surface area contributed by atoms with E-state index in [4.69, 9.17) is 23.8 Å². The van der Waals surface area contributed by atoms with Gasteiger partial charge in [0, 0.05) is 43.8 Å². The van der Waals surface area contributed by atoms with E-state index in [0.717, 1.165) is 71.7 Å². The first-order valence-corrected chi connectivity index (χ1v) is 14.5. The molecular formula is C39H23N3O2. The highest BCUT2D eigenvalue weighted by molar-refractivity contribution is 6.17. The molecule has 206 valence electrons. The van der Waals surface area contributed by atoms with Gasteiger partial charge in [-0.1, -0.05) is 115 Å². The van der Waals surface area contributed by atoms with Gasteiger partial charge in [-0.05, 0) is 29.8 Å². The molecule has 0 fully saturated rings. The third-order valence-electron chi connectivity index (χ3n) is 8.15. The smallest absolute Gasteiger partial charge is 0.164 e. The van der Waals surface area contributed by atoms with Crippen LogP contribution in [0.5, 0.6) is 0 Å². The number of fused-ring (bicyclic) bond motifs is 6. The van der Waals surface area contributed by atoms with Gasteiger partial charge in [-0.2, -0.15) is 0 Å². The second kappa shape index (κ2) is 9.75. The molecule has 9 rings (SSSR count). The molecule has 44 heavy (non-hydrogen) atoms. The van der Waals surface area contributed by atoms with Crippen LogP contribution in [0.25, 0.3) is 89.2 Å². The summed E-state index contributed by atoms with van der Waals surface area (Å²) < 4.78 is 12.9. The number of hydrogen-bond acceptors (Lipinski definition) is 5. The molecule has 0 saturated carbocycles. The molecule has 5 heteroatoms. The van der Waals surface area contributed by atoms with E-state index in [-0.39, 0.29) is 0 Å². The van der Waals surface area contributed by atoms with Gasteiger partial charge >= 0.3 is 0 Å². The van der Waals surface area contributed by atoms with E-state index in [1.165, 1.54) is 0 Å². The zero-order valence-corrected chi connectivity index (χ0v) is 23.4. The maximum Gasteiger partial charge on any atom is 0.164 e. The summed E-state index contributed by atoms with van der Waals surface area (Å²) in [7, 11) is 0. The number of nitrogens with zero attached hydrogens (tertiary/aromatic N) is 3. The number of rotatable bonds is 4. The van der Waals surface area contributed by atoms with Crippen molar-refractivity contribution in [3.63, 3.8) is 0 Å². The highest BCUT2D eigenvalue weighted by Gasteiger charge is 2.19. The summed E-state index contributed by atoms with van der Waals surface area (Å²) in [5, 5.41) is 4.28. The second-order valence-electron chi connectivity index (χ2n) is 10.8. The minimum absolute atomic E-state index is 0.590. The van der Waals surface area contributed by atoms with Crippen molar-refractivity contribution in [3.8, 4) is 45.3 Å². The van der Waals surface area contributed by atoms with E-state index in [9.17, 15) is 0 Å². The van der Waals surface area contributed by atoms with E-state index in [2.05, 4.69) is 42.5 Å². The summed E-state index contributed by atoms with van der Waals surface area (Å²) in [6.45, 7) is 0. The van der Waals surface area contributed by atoms with Gasteiger partial charge in [0.25, 0.3) is 0 Å². The number of aromatic nitrogens is 3. The van der Waals surface area contributed by atoms with E-state index < -0.39 is 0 Å². The van der Waals surface area contributed by atoms with E-state index in [1.807, 2.05) is 97.1 Å². The fourth-order valence-electron chi connectivity index (χ4n) is 6.09. The van der Waals surface area contributed by atoms with Crippen molar-refractivity contribution in [3.05, 3.63) is 140 Å². The topological polar surface area (TPSA) is 65.0 Å². The number of hydrogen-bond donors (Lipinski definition) is 0. The van der Waals surface area contributed by atoms with Crippen molar-refractivity contribution >= 4 is 43.9 Å². The van der Waals surface area contributed by atoms with Gasteiger partial charge in [0.1, 0.15) is 22.3 Å². The normalized spacial score (nSPS) is 11.6. The van der Waals surface area contributed by atoms with Gasteiger partial charge in [0.05, 0.1) is 0 Å². The quantitative estimate of drug-likeness (QED) is 0.212. The Hall–Kier alpha value is -6.07. The molecular weight excluding hydrogens is 542 g/mol. The van der Waals surface area contributed by atoms with Crippen molar-refractivity contribution in [2.75, 3.05) is 0 Å². The van der Waals surface area contributed by atoms with Crippen LogP contribution in [0.3, 0.4) is 0 Å². The average Bonchev–Trinajstić information content (AvgIpc) is 3.67. The van der Waals surface area contributed by atoms with Crippen LogP contribution in [0.15, 0.2) is 148 Å². The van der Waals surface area contributed by atoms with Crippen LogP contribution in [0.2, 0.25) is 0 Å². The van der Waals surface area contributed by atoms with Gasteiger partial charge in [0.15, 0.2) is 17.5 Å². The maximum atomic E-state index is 6.48. The predicted octanol–water partition coefficient (Wildman–Crippen LogP) is 10.3. The lowest BCUT2D eigenvalue weighted by molar-refractivity contribution is 0.669. The summed E-state index contributed by atoms with van der Waals surface area (Å²) >= 11 is 0. The van der Waals surface area contributed by atoms with Crippen LogP contribution >= 0.6 is 0 Å². The highest BCUT2D eigenvalue weighted by atomic mass is 16.3. The Labute approximate surface area is 252 Å². The molecule has 0 aliphatic rings. The van der Waals surface area contributed by atoms with Crippen LogP contribution in [0.4, 0.5) is 0 Å². The number of benzene rings is 6. The van der Waals surface area contributed by atoms with Gasteiger partial charge < -0.3 is 8.83 Å². The zero-order valence-electron chi connectivity index (χ0n) is 23.4. The highest BCUT2D eigenvalue weighted by Crippen LogP contribution is 2.42. The molecule has 5 nitrogen and oxygen atoms in total. The van der Waals surface area contributed by atoms with E-state index >= 15 is 0 Å². The largest absolute Gasteiger partial charge is 0.456 e.